The first-order chi connectivity index (χ1) is 13.0. The second-order valence-corrected chi connectivity index (χ2v) is 7.01. The Morgan fingerprint density at radius 1 is 1.19 bits per heavy atom. The number of carbonyl (C=O) groups excluding carboxylic acids is 1. The summed E-state index contributed by atoms with van der Waals surface area (Å²) in [6.45, 7) is 0. The van der Waals surface area contributed by atoms with Gasteiger partial charge in [0.15, 0.2) is 0 Å². The Hall–Kier alpha value is -2.54. The predicted octanol–water partition coefficient (Wildman–Crippen LogP) is 4.17. The zero-order valence-corrected chi connectivity index (χ0v) is 16.3. The molecule has 1 aromatic heterocycles. The monoisotopic (exact) mass is 432 g/mol. The molecule has 140 valence electrons. The number of carbonyl (C=O) groups is 1. The van der Waals surface area contributed by atoms with Crippen LogP contribution in [0.5, 0.6) is 0 Å². The van der Waals surface area contributed by atoms with Crippen LogP contribution in [0.4, 0.5) is 4.39 Å². The van der Waals surface area contributed by atoms with Crippen molar-refractivity contribution in [2.24, 2.45) is 0 Å². The summed E-state index contributed by atoms with van der Waals surface area (Å²) in [4.78, 5) is 29.0. The van der Waals surface area contributed by atoms with Gasteiger partial charge in [0.05, 0.1) is 23.7 Å². The van der Waals surface area contributed by atoms with Crippen LogP contribution in [0.1, 0.15) is 25.1 Å². The van der Waals surface area contributed by atoms with Crippen molar-refractivity contribution in [2.75, 3.05) is 7.11 Å². The molecule has 0 unspecified atom stereocenters. The highest BCUT2D eigenvalue weighted by molar-refractivity contribution is 9.10. The maximum absolute atomic E-state index is 13.3. The molecule has 7 heteroatoms. The lowest BCUT2D eigenvalue weighted by atomic mass is 10.1. The Bertz CT molecular complexity index is 1030. The van der Waals surface area contributed by atoms with Gasteiger partial charge in [-0.05, 0) is 55.3 Å². The van der Waals surface area contributed by atoms with E-state index in [1.54, 1.807) is 30.3 Å². The van der Waals surface area contributed by atoms with Gasteiger partial charge in [0.25, 0.3) is 5.56 Å². The van der Waals surface area contributed by atoms with Gasteiger partial charge in [0.1, 0.15) is 11.6 Å². The molecule has 0 aliphatic carbocycles. The van der Waals surface area contributed by atoms with Crippen molar-refractivity contribution < 1.29 is 13.9 Å². The fourth-order valence-corrected chi connectivity index (χ4v) is 3.23. The van der Waals surface area contributed by atoms with E-state index in [4.69, 9.17) is 0 Å². The van der Waals surface area contributed by atoms with Gasteiger partial charge in [-0.1, -0.05) is 15.9 Å². The summed E-state index contributed by atoms with van der Waals surface area (Å²) < 4.78 is 20.3. The summed E-state index contributed by atoms with van der Waals surface area (Å²) in [7, 11) is 1.36. The molecule has 0 spiro atoms. The fraction of sp³-hybridized carbons (Fsp3) is 0.250. The van der Waals surface area contributed by atoms with Gasteiger partial charge in [-0.3, -0.25) is 14.2 Å². The summed E-state index contributed by atoms with van der Waals surface area (Å²) in [5.41, 5.74) is 0.944. The number of halogens is 2. The molecule has 0 N–H and O–H groups in total. The summed E-state index contributed by atoms with van der Waals surface area (Å²) >= 11 is 3.40. The van der Waals surface area contributed by atoms with E-state index in [0.717, 1.165) is 4.47 Å². The molecule has 0 aliphatic rings. The summed E-state index contributed by atoms with van der Waals surface area (Å²) in [6, 6.07) is 11.0. The number of rotatable bonds is 6. The van der Waals surface area contributed by atoms with Crippen molar-refractivity contribution in [2.45, 2.75) is 25.7 Å². The van der Waals surface area contributed by atoms with Gasteiger partial charge in [-0.25, -0.2) is 9.37 Å². The number of hydrogen-bond donors (Lipinski definition) is 0. The van der Waals surface area contributed by atoms with Gasteiger partial charge >= 0.3 is 5.97 Å². The number of unbranched alkanes of at least 4 members (excludes halogenated alkanes) is 1. The number of nitrogens with zero attached hydrogens (tertiary/aromatic N) is 2. The minimum absolute atomic E-state index is 0.206. The van der Waals surface area contributed by atoms with Gasteiger partial charge < -0.3 is 4.74 Å². The van der Waals surface area contributed by atoms with Crippen molar-refractivity contribution in [1.29, 1.82) is 0 Å². The molecule has 27 heavy (non-hydrogen) atoms. The summed E-state index contributed by atoms with van der Waals surface area (Å²) in [5, 5.41) is 0.487. The van der Waals surface area contributed by atoms with E-state index >= 15 is 0 Å². The SMILES string of the molecule is COC(=O)CCCCc1nc2cc(Br)ccc2c(=O)n1-c1ccc(F)cc1. The third-order valence-corrected chi connectivity index (χ3v) is 4.74. The highest BCUT2D eigenvalue weighted by atomic mass is 79.9. The number of methoxy groups -OCH3 is 1. The van der Waals surface area contributed by atoms with Crippen molar-refractivity contribution >= 4 is 32.8 Å². The second-order valence-electron chi connectivity index (χ2n) is 6.09. The van der Waals surface area contributed by atoms with E-state index < -0.39 is 0 Å². The Morgan fingerprint density at radius 3 is 2.63 bits per heavy atom. The number of benzene rings is 2. The minimum Gasteiger partial charge on any atom is -0.469 e. The number of aromatic nitrogens is 2. The fourth-order valence-electron chi connectivity index (χ4n) is 2.88. The van der Waals surface area contributed by atoms with Crippen LogP contribution in [-0.4, -0.2) is 22.6 Å². The predicted molar refractivity (Wildman–Crippen MR) is 105 cm³/mol. The Kier molecular flexibility index (Phi) is 6.01. The molecule has 0 atom stereocenters. The molecule has 2 aromatic carbocycles. The molecular formula is C20H18BrFN2O3. The third-order valence-electron chi connectivity index (χ3n) is 4.24. The maximum Gasteiger partial charge on any atom is 0.305 e. The Labute approximate surface area is 163 Å². The maximum atomic E-state index is 13.3. The van der Waals surface area contributed by atoms with E-state index in [1.807, 2.05) is 0 Å². The highest BCUT2D eigenvalue weighted by Gasteiger charge is 2.13. The second kappa shape index (κ2) is 8.43. The molecule has 0 saturated heterocycles. The van der Waals surface area contributed by atoms with Crippen molar-refractivity contribution in [3.8, 4) is 5.69 Å². The molecule has 0 radical (unpaired) electrons. The van der Waals surface area contributed by atoms with Crippen LogP contribution in [0, 0.1) is 5.82 Å². The smallest absolute Gasteiger partial charge is 0.305 e. The van der Waals surface area contributed by atoms with E-state index in [0.29, 0.717) is 48.1 Å². The van der Waals surface area contributed by atoms with Crippen LogP contribution in [0.25, 0.3) is 16.6 Å². The molecule has 5 nitrogen and oxygen atoms in total. The minimum atomic E-state index is -0.371. The van der Waals surface area contributed by atoms with Crippen LogP contribution >= 0.6 is 15.9 Å². The first-order valence-electron chi connectivity index (χ1n) is 8.53. The van der Waals surface area contributed by atoms with Crippen molar-refractivity contribution in [3.63, 3.8) is 0 Å². The first kappa shape index (κ1) is 19.2. The molecule has 0 aliphatic heterocycles. The molecule has 1 heterocycles. The quantitative estimate of drug-likeness (QED) is 0.433. The van der Waals surface area contributed by atoms with Crippen LogP contribution in [0.15, 0.2) is 51.7 Å². The van der Waals surface area contributed by atoms with Crippen molar-refractivity contribution in [1.82, 2.24) is 9.55 Å². The summed E-state index contributed by atoms with van der Waals surface area (Å²) in [6.07, 6.45) is 2.12. The Morgan fingerprint density at radius 2 is 1.93 bits per heavy atom. The average molecular weight is 433 g/mol. The molecule has 0 saturated carbocycles. The van der Waals surface area contributed by atoms with E-state index in [-0.39, 0.29) is 17.3 Å². The van der Waals surface area contributed by atoms with Gasteiger partial charge in [0.2, 0.25) is 0 Å². The number of fused-ring (bicyclic) bond motifs is 1. The Balaban J connectivity index is 2.02. The summed E-state index contributed by atoms with van der Waals surface area (Å²) in [5.74, 6) is -0.0625. The van der Waals surface area contributed by atoms with Crippen LogP contribution in [-0.2, 0) is 16.0 Å². The van der Waals surface area contributed by atoms with Crippen LogP contribution < -0.4 is 5.56 Å². The standard InChI is InChI=1S/C20H18BrFN2O3/c1-27-19(25)5-3-2-4-18-23-17-12-13(21)6-11-16(17)20(26)24(18)15-9-7-14(22)8-10-15/h6-12H,2-5H2,1H3. The molecule has 0 bridgehead atoms. The van der Waals surface area contributed by atoms with Crippen LogP contribution in [0.3, 0.4) is 0 Å². The van der Waals surface area contributed by atoms with Gasteiger partial charge in [-0.2, -0.15) is 0 Å². The zero-order valence-electron chi connectivity index (χ0n) is 14.7. The number of ether oxygens (including phenoxy) is 1. The lowest BCUT2D eigenvalue weighted by molar-refractivity contribution is -0.140. The molecule has 0 amide bonds. The van der Waals surface area contributed by atoms with Crippen LogP contribution in [0.2, 0.25) is 0 Å². The van der Waals surface area contributed by atoms with Gasteiger partial charge in [-0.15, -0.1) is 0 Å². The average Bonchev–Trinajstić information content (AvgIpc) is 2.66. The van der Waals surface area contributed by atoms with E-state index in [1.165, 1.54) is 23.8 Å². The highest BCUT2D eigenvalue weighted by Crippen LogP contribution is 2.19. The largest absolute Gasteiger partial charge is 0.469 e. The zero-order chi connectivity index (χ0) is 19.4. The number of hydrogen-bond acceptors (Lipinski definition) is 4. The van der Waals surface area contributed by atoms with E-state index in [9.17, 15) is 14.0 Å². The molecule has 0 fully saturated rings. The molecule has 3 aromatic rings. The lowest BCUT2D eigenvalue weighted by Gasteiger charge is -2.14. The van der Waals surface area contributed by atoms with E-state index in [2.05, 4.69) is 25.7 Å². The number of aryl methyl sites for hydroxylation is 1. The molecule has 3 rings (SSSR count). The molecular weight excluding hydrogens is 415 g/mol. The topological polar surface area (TPSA) is 61.2 Å². The van der Waals surface area contributed by atoms with Crippen molar-refractivity contribution in [3.05, 3.63) is 68.9 Å². The third kappa shape index (κ3) is 4.42. The normalized spacial score (nSPS) is 10.9. The first-order valence-corrected chi connectivity index (χ1v) is 9.33. The number of esters is 1. The lowest BCUT2D eigenvalue weighted by Crippen LogP contribution is -2.24. The van der Waals surface area contributed by atoms with Gasteiger partial charge in [0, 0.05) is 17.3 Å².